The zero-order valence-electron chi connectivity index (χ0n) is 11.9. The molecule has 0 saturated heterocycles. The Morgan fingerprint density at radius 1 is 1.10 bits per heavy atom. The molecule has 1 fully saturated rings. The van der Waals surface area contributed by atoms with Gasteiger partial charge in [-0.15, -0.1) is 0 Å². The molecule has 1 aliphatic carbocycles. The second kappa shape index (κ2) is 5.76. The highest BCUT2D eigenvalue weighted by Gasteiger charge is 2.32. The number of fused-ring (bicyclic) bond motifs is 1. The quantitative estimate of drug-likeness (QED) is 0.725. The lowest BCUT2D eigenvalue weighted by molar-refractivity contribution is -0.118. The van der Waals surface area contributed by atoms with Gasteiger partial charge in [0.1, 0.15) is 0 Å². The van der Waals surface area contributed by atoms with Crippen LogP contribution in [0.5, 0.6) is 0 Å². The Labute approximate surface area is 129 Å². The van der Waals surface area contributed by atoms with Crippen LogP contribution in [0.2, 0.25) is 0 Å². The maximum absolute atomic E-state index is 12.6. The van der Waals surface area contributed by atoms with Crippen molar-refractivity contribution in [3.63, 3.8) is 0 Å². The summed E-state index contributed by atoms with van der Waals surface area (Å²) < 4.78 is 1.04. The highest BCUT2D eigenvalue weighted by Crippen LogP contribution is 2.38. The molecule has 0 radical (unpaired) electrons. The Kier molecular flexibility index (Phi) is 4.01. The molecule has 0 atom stereocenters. The largest absolute Gasteiger partial charge is 0.364 e. The first-order valence-corrected chi connectivity index (χ1v) is 8.29. The first kappa shape index (κ1) is 13.9. The molecule has 108 valence electrons. The lowest BCUT2D eigenvalue weighted by Crippen LogP contribution is -2.49. The van der Waals surface area contributed by atoms with Crippen LogP contribution in [0.25, 0.3) is 0 Å². The molecule has 1 aromatic carbocycles. The summed E-state index contributed by atoms with van der Waals surface area (Å²) in [6.07, 6.45) is 7.39. The zero-order valence-corrected chi connectivity index (χ0v) is 13.5. The summed E-state index contributed by atoms with van der Waals surface area (Å²) in [4.78, 5) is 16.7. The number of likely N-dealkylation sites (N-methyl/N-ethyl adjacent to an activating group) is 1. The van der Waals surface area contributed by atoms with E-state index in [0.29, 0.717) is 12.6 Å². The van der Waals surface area contributed by atoms with Crippen molar-refractivity contribution in [2.75, 3.05) is 23.4 Å². The summed E-state index contributed by atoms with van der Waals surface area (Å²) in [6, 6.07) is 6.63. The molecule has 1 saturated carbocycles. The van der Waals surface area contributed by atoms with Crippen molar-refractivity contribution in [2.45, 2.75) is 44.6 Å². The van der Waals surface area contributed by atoms with Gasteiger partial charge in [0, 0.05) is 17.6 Å². The SMILES string of the molecule is CN1CC(=O)N(C2CCCCCC2)c2cc(Br)ccc21. The van der Waals surface area contributed by atoms with E-state index < -0.39 is 0 Å². The number of rotatable bonds is 1. The standard InChI is InChI=1S/C16H21BrN2O/c1-18-11-16(20)19(13-6-4-2-3-5-7-13)15-10-12(17)8-9-14(15)18/h8-10,13H,2-7,11H2,1H3. The number of amides is 1. The van der Waals surface area contributed by atoms with Crippen LogP contribution in [0.4, 0.5) is 11.4 Å². The molecule has 20 heavy (non-hydrogen) atoms. The van der Waals surface area contributed by atoms with Gasteiger partial charge in [0.25, 0.3) is 0 Å². The van der Waals surface area contributed by atoms with Crippen molar-refractivity contribution in [2.24, 2.45) is 0 Å². The molecular weight excluding hydrogens is 316 g/mol. The lowest BCUT2D eigenvalue weighted by Gasteiger charge is -2.39. The van der Waals surface area contributed by atoms with Crippen molar-refractivity contribution in [1.29, 1.82) is 0 Å². The van der Waals surface area contributed by atoms with Gasteiger partial charge in [0.15, 0.2) is 0 Å². The summed E-state index contributed by atoms with van der Waals surface area (Å²) in [5.41, 5.74) is 2.24. The van der Waals surface area contributed by atoms with Gasteiger partial charge in [-0.2, -0.15) is 0 Å². The summed E-state index contributed by atoms with van der Waals surface area (Å²) in [5, 5.41) is 0. The highest BCUT2D eigenvalue weighted by molar-refractivity contribution is 9.10. The van der Waals surface area contributed by atoms with E-state index in [1.54, 1.807) is 0 Å². The smallest absolute Gasteiger partial charge is 0.246 e. The van der Waals surface area contributed by atoms with Crippen molar-refractivity contribution in [3.8, 4) is 0 Å². The van der Waals surface area contributed by atoms with E-state index >= 15 is 0 Å². The van der Waals surface area contributed by atoms with Gasteiger partial charge in [-0.1, -0.05) is 41.6 Å². The lowest BCUT2D eigenvalue weighted by atomic mass is 10.0. The number of halogens is 1. The third kappa shape index (κ3) is 2.58. The van der Waals surface area contributed by atoms with Gasteiger partial charge >= 0.3 is 0 Å². The second-order valence-corrected chi connectivity index (χ2v) is 6.81. The number of hydrogen-bond acceptors (Lipinski definition) is 2. The van der Waals surface area contributed by atoms with Gasteiger partial charge in [0.2, 0.25) is 5.91 Å². The maximum atomic E-state index is 12.6. The molecule has 4 heteroatoms. The van der Waals surface area contributed by atoms with E-state index in [4.69, 9.17) is 0 Å². The molecule has 0 N–H and O–H groups in total. The monoisotopic (exact) mass is 336 g/mol. The van der Waals surface area contributed by atoms with E-state index in [-0.39, 0.29) is 5.91 Å². The number of nitrogens with zero attached hydrogens (tertiary/aromatic N) is 2. The molecule has 1 amide bonds. The minimum atomic E-state index is 0.241. The number of carbonyl (C=O) groups excluding carboxylic acids is 1. The molecule has 1 aromatic rings. The normalized spacial score (nSPS) is 20.8. The van der Waals surface area contributed by atoms with Crippen LogP contribution < -0.4 is 9.80 Å². The first-order chi connectivity index (χ1) is 9.66. The fourth-order valence-corrected chi connectivity index (χ4v) is 3.78. The van der Waals surface area contributed by atoms with Crippen LogP contribution in [0.15, 0.2) is 22.7 Å². The Balaban J connectivity index is 1.99. The van der Waals surface area contributed by atoms with Crippen molar-refractivity contribution in [1.82, 2.24) is 0 Å². The van der Waals surface area contributed by atoms with E-state index in [1.807, 2.05) is 7.05 Å². The minimum absolute atomic E-state index is 0.241. The molecule has 3 nitrogen and oxygen atoms in total. The van der Waals surface area contributed by atoms with Gasteiger partial charge in [-0.05, 0) is 31.0 Å². The molecule has 0 spiro atoms. The Morgan fingerprint density at radius 3 is 2.50 bits per heavy atom. The molecule has 2 aliphatic rings. The van der Waals surface area contributed by atoms with Gasteiger partial charge in [-0.3, -0.25) is 4.79 Å². The van der Waals surface area contributed by atoms with Crippen LogP contribution in [0, 0.1) is 0 Å². The molecular formula is C16H21BrN2O. The fraction of sp³-hybridized carbons (Fsp3) is 0.562. The number of carbonyl (C=O) groups is 1. The molecule has 0 unspecified atom stereocenters. The average Bonchev–Trinajstić information content (AvgIpc) is 2.67. The van der Waals surface area contributed by atoms with Crippen molar-refractivity contribution >= 4 is 33.2 Å². The summed E-state index contributed by atoms with van der Waals surface area (Å²) in [5.74, 6) is 0.241. The van der Waals surface area contributed by atoms with E-state index in [9.17, 15) is 4.79 Å². The molecule has 1 heterocycles. The van der Waals surface area contributed by atoms with E-state index in [0.717, 1.165) is 28.7 Å². The van der Waals surface area contributed by atoms with E-state index in [1.165, 1.54) is 25.7 Å². The van der Waals surface area contributed by atoms with E-state index in [2.05, 4.69) is 43.9 Å². The molecule has 0 aromatic heterocycles. The number of benzene rings is 1. The van der Waals surface area contributed by atoms with Gasteiger partial charge in [0.05, 0.1) is 17.9 Å². The van der Waals surface area contributed by atoms with Crippen LogP contribution in [-0.4, -0.2) is 25.5 Å². The third-order valence-electron chi connectivity index (χ3n) is 4.44. The van der Waals surface area contributed by atoms with Crippen LogP contribution in [-0.2, 0) is 4.79 Å². The Morgan fingerprint density at radius 2 is 1.80 bits per heavy atom. The van der Waals surface area contributed by atoms with Crippen LogP contribution in [0.3, 0.4) is 0 Å². The minimum Gasteiger partial charge on any atom is -0.364 e. The fourth-order valence-electron chi connectivity index (χ4n) is 3.43. The zero-order chi connectivity index (χ0) is 14.1. The molecule has 3 rings (SSSR count). The van der Waals surface area contributed by atoms with Crippen LogP contribution >= 0.6 is 15.9 Å². The number of hydrogen-bond donors (Lipinski definition) is 0. The topological polar surface area (TPSA) is 23.6 Å². The molecule has 0 bridgehead atoms. The highest BCUT2D eigenvalue weighted by atomic mass is 79.9. The summed E-state index contributed by atoms with van der Waals surface area (Å²) in [6.45, 7) is 0.491. The summed E-state index contributed by atoms with van der Waals surface area (Å²) >= 11 is 3.54. The first-order valence-electron chi connectivity index (χ1n) is 7.49. The van der Waals surface area contributed by atoms with Gasteiger partial charge in [-0.25, -0.2) is 0 Å². The van der Waals surface area contributed by atoms with Crippen LogP contribution in [0.1, 0.15) is 38.5 Å². The van der Waals surface area contributed by atoms with Crippen molar-refractivity contribution < 1.29 is 4.79 Å². The Bertz CT molecular complexity index is 509. The number of anilines is 2. The average molecular weight is 337 g/mol. The predicted octanol–water partition coefficient (Wildman–Crippen LogP) is 3.95. The third-order valence-corrected chi connectivity index (χ3v) is 4.93. The van der Waals surface area contributed by atoms with Gasteiger partial charge < -0.3 is 9.80 Å². The predicted molar refractivity (Wildman–Crippen MR) is 86.4 cm³/mol. The molecule has 1 aliphatic heterocycles. The van der Waals surface area contributed by atoms with Crippen molar-refractivity contribution in [3.05, 3.63) is 22.7 Å². The maximum Gasteiger partial charge on any atom is 0.246 e. The second-order valence-electron chi connectivity index (χ2n) is 5.90. The summed E-state index contributed by atoms with van der Waals surface area (Å²) in [7, 11) is 2.00. The Hall–Kier alpha value is -1.03.